The Labute approximate surface area is 89.3 Å². The standard InChI is InChI=1S/C12H15NO2/c1-9(7-8-11(13)14)12(15)10-5-3-2-4-6-10/h2-6,9H,7-8H2,1H3,(H2,13,14)/t9-/m0/s1. The molecular formula is C12H15NO2. The van der Waals surface area contributed by atoms with Crippen LogP contribution in [0.1, 0.15) is 30.1 Å². The highest BCUT2D eigenvalue weighted by molar-refractivity contribution is 5.97. The van der Waals surface area contributed by atoms with Gasteiger partial charge in [0.25, 0.3) is 0 Å². The first kappa shape index (κ1) is 11.4. The molecule has 1 atom stereocenters. The molecule has 0 aliphatic carbocycles. The quantitative estimate of drug-likeness (QED) is 0.745. The van der Waals surface area contributed by atoms with Gasteiger partial charge in [0, 0.05) is 17.9 Å². The summed E-state index contributed by atoms with van der Waals surface area (Å²) in [4.78, 5) is 22.4. The van der Waals surface area contributed by atoms with E-state index in [1.54, 1.807) is 12.1 Å². The fourth-order valence-corrected chi connectivity index (χ4v) is 1.38. The molecule has 0 unspecified atom stereocenters. The first-order chi connectivity index (χ1) is 7.11. The first-order valence-corrected chi connectivity index (χ1v) is 4.99. The summed E-state index contributed by atoms with van der Waals surface area (Å²) in [5.74, 6) is -0.445. The van der Waals surface area contributed by atoms with E-state index in [1.165, 1.54) is 0 Å². The third kappa shape index (κ3) is 3.54. The molecule has 0 saturated carbocycles. The van der Waals surface area contributed by atoms with Crippen LogP contribution in [0.3, 0.4) is 0 Å². The number of carbonyl (C=O) groups excluding carboxylic acids is 2. The van der Waals surface area contributed by atoms with Gasteiger partial charge in [0.05, 0.1) is 0 Å². The topological polar surface area (TPSA) is 60.2 Å². The van der Waals surface area contributed by atoms with E-state index < -0.39 is 0 Å². The van der Waals surface area contributed by atoms with Gasteiger partial charge in [0.2, 0.25) is 5.91 Å². The minimum absolute atomic E-state index is 0.0665. The smallest absolute Gasteiger partial charge is 0.217 e. The van der Waals surface area contributed by atoms with Gasteiger partial charge in [-0.25, -0.2) is 0 Å². The van der Waals surface area contributed by atoms with E-state index >= 15 is 0 Å². The summed E-state index contributed by atoms with van der Waals surface area (Å²) >= 11 is 0. The molecule has 0 aliphatic heterocycles. The summed E-state index contributed by atoms with van der Waals surface area (Å²) in [5, 5.41) is 0. The van der Waals surface area contributed by atoms with Crippen LogP contribution in [0.5, 0.6) is 0 Å². The van der Waals surface area contributed by atoms with Crippen molar-refractivity contribution >= 4 is 11.7 Å². The summed E-state index contributed by atoms with van der Waals surface area (Å²) in [7, 11) is 0. The van der Waals surface area contributed by atoms with E-state index in [0.717, 1.165) is 0 Å². The van der Waals surface area contributed by atoms with Crippen LogP contribution in [0.2, 0.25) is 0 Å². The molecule has 0 heterocycles. The van der Waals surface area contributed by atoms with Crippen molar-refractivity contribution in [2.75, 3.05) is 0 Å². The zero-order valence-electron chi connectivity index (χ0n) is 8.77. The third-order valence-electron chi connectivity index (χ3n) is 2.33. The maximum Gasteiger partial charge on any atom is 0.217 e. The molecule has 0 saturated heterocycles. The Bertz CT molecular complexity index is 346. The molecule has 0 spiro atoms. The predicted molar refractivity (Wildman–Crippen MR) is 58.4 cm³/mol. The van der Waals surface area contributed by atoms with Gasteiger partial charge < -0.3 is 5.73 Å². The van der Waals surface area contributed by atoms with E-state index in [9.17, 15) is 9.59 Å². The molecule has 1 aromatic rings. The van der Waals surface area contributed by atoms with Gasteiger partial charge in [-0.2, -0.15) is 0 Å². The minimum atomic E-state index is -0.359. The zero-order valence-corrected chi connectivity index (χ0v) is 8.77. The molecule has 80 valence electrons. The van der Waals surface area contributed by atoms with Crippen molar-refractivity contribution in [1.29, 1.82) is 0 Å². The summed E-state index contributed by atoms with van der Waals surface area (Å²) in [5.41, 5.74) is 5.72. The predicted octanol–water partition coefficient (Wildman–Crippen LogP) is 1.77. The number of primary amides is 1. The third-order valence-corrected chi connectivity index (χ3v) is 2.33. The Morgan fingerprint density at radius 1 is 1.27 bits per heavy atom. The maximum atomic E-state index is 11.8. The Hall–Kier alpha value is -1.64. The van der Waals surface area contributed by atoms with Gasteiger partial charge in [0.15, 0.2) is 5.78 Å². The molecule has 2 N–H and O–H groups in total. The second-order valence-electron chi connectivity index (χ2n) is 3.64. The summed E-state index contributed by atoms with van der Waals surface area (Å²) < 4.78 is 0. The highest BCUT2D eigenvalue weighted by atomic mass is 16.1. The van der Waals surface area contributed by atoms with Crippen LogP contribution in [0.15, 0.2) is 30.3 Å². The molecule has 1 rings (SSSR count). The van der Waals surface area contributed by atoms with Crippen LogP contribution in [0.25, 0.3) is 0 Å². The second kappa shape index (κ2) is 5.29. The zero-order chi connectivity index (χ0) is 11.3. The highest BCUT2D eigenvalue weighted by Gasteiger charge is 2.15. The number of hydrogen-bond acceptors (Lipinski definition) is 2. The van der Waals surface area contributed by atoms with Crippen molar-refractivity contribution in [1.82, 2.24) is 0 Å². The average molecular weight is 205 g/mol. The van der Waals surface area contributed by atoms with Crippen LogP contribution in [-0.4, -0.2) is 11.7 Å². The van der Waals surface area contributed by atoms with Crippen LogP contribution in [-0.2, 0) is 4.79 Å². The molecule has 3 heteroatoms. The lowest BCUT2D eigenvalue weighted by atomic mass is 9.95. The molecular weight excluding hydrogens is 190 g/mol. The summed E-state index contributed by atoms with van der Waals surface area (Å²) in [6, 6.07) is 9.08. The van der Waals surface area contributed by atoms with Gasteiger partial charge in [-0.1, -0.05) is 37.3 Å². The molecule has 0 bridgehead atoms. The van der Waals surface area contributed by atoms with Gasteiger partial charge in [-0.05, 0) is 6.42 Å². The van der Waals surface area contributed by atoms with E-state index in [0.29, 0.717) is 12.0 Å². The lowest BCUT2D eigenvalue weighted by Crippen LogP contribution is -2.16. The normalized spacial score (nSPS) is 12.1. The van der Waals surface area contributed by atoms with E-state index in [-0.39, 0.29) is 24.0 Å². The number of amides is 1. The molecule has 15 heavy (non-hydrogen) atoms. The Kier molecular flexibility index (Phi) is 4.03. The second-order valence-corrected chi connectivity index (χ2v) is 3.64. The Morgan fingerprint density at radius 3 is 2.40 bits per heavy atom. The monoisotopic (exact) mass is 205 g/mol. The Morgan fingerprint density at radius 2 is 1.87 bits per heavy atom. The van der Waals surface area contributed by atoms with Crippen molar-refractivity contribution in [2.24, 2.45) is 11.7 Å². The molecule has 1 aromatic carbocycles. The molecule has 1 amide bonds. The maximum absolute atomic E-state index is 11.8. The van der Waals surface area contributed by atoms with Gasteiger partial charge >= 0.3 is 0 Å². The fourth-order valence-electron chi connectivity index (χ4n) is 1.38. The van der Waals surface area contributed by atoms with E-state index in [4.69, 9.17) is 5.73 Å². The van der Waals surface area contributed by atoms with Crippen LogP contribution in [0.4, 0.5) is 0 Å². The van der Waals surface area contributed by atoms with Crippen molar-refractivity contribution in [3.05, 3.63) is 35.9 Å². The number of rotatable bonds is 5. The Balaban J connectivity index is 2.57. The summed E-state index contributed by atoms with van der Waals surface area (Å²) in [6.45, 7) is 1.82. The summed E-state index contributed by atoms with van der Waals surface area (Å²) in [6.07, 6.45) is 0.781. The highest BCUT2D eigenvalue weighted by Crippen LogP contribution is 2.13. The van der Waals surface area contributed by atoms with Crippen LogP contribution >= 0.6 is 0 Å². The minimum Gasteiger partial charge on any atom is -0.370 e. The average Bonchev–Trinajstić information content (AvgIpc) is 2.26. The van der Waals surface area contributed by atoms with Crippen molar-refractivity contribution in [2.45, 2.75) is 19.8 Å². The van der Waals surface area contributed by atoms with Crippen molar-refractivity contribution < 1.29 is 9.59 Å². The van der Waals surface area contributed by atoms with E-state index in [1.807, 2.05) is 25.1 Å². The SMILES string of the molecule is C[C@@H](CCC(N)=O)C(=O)c1ccccc1. The van der Waals surface area contributed by atoms with Crippen LogP contribution < -0.4 is 5.73 Å². The molecule has 0 aromatic heterocycles. The number of Topliss-reactive ketones (excluding diaryl/α,β-unsaturated/α-hetero) is 1. The van der Waals surface area contributed by atoms with Gasteiger partial charge in [-0.3, -0.25) is 9.59 Å². The van der Waals surface area contributed by atoms with Crippen molar-refractivity contribution in [3.63, 3.8) is 0 Å². The first-order valence-electron chi connectivity index (χ1n) is 4.99. The van der Waals surface area contributed by atoms with Crippen LogP contribution in [0, 0.1) is 5.92 Å². The largest absolute Gasteiger partial charge is 0.370 e. The fraction of sp³-hybridized carbons (Fsp3) is 0.333. The number of ketones is 1. The number of hydrogen-bond donors (Lipinski definition) is 1. The molecule has 0 fully saturated rings. The molecule has 0 radical (unpaired) electrons. The number of nitrogens with two attached hydrogens (primary N) is 1. The van der Waals surface area contributed by atoms with Gasteiger partial charge in [-0.15, -0.1) is 0 Å². The lowest BCUT2D eigenvalue weighted by molar-refractivity contribution is -0.118. The molecule has 3 nitrogen and oxygen atoms in total. The van der Waals surface area contributed by atoms with Crippen molar-refractivity contribution in [3.8, 4) is 0 Å². The lowest BCUT2D eigenvalue weighted by Gasteiger charge is -2.08. The number of carbonyl (C=O) groups is 2. The van der Waals surface area contributed by atoms with Gasteiger partial charge in [0.1, 0.15) is 0 Å². The molecule has 0 aliphatic rings. The number of benzene rings is 1. The van der Waals surface area contributed by atoms with E-state index in [2.05, 4.69) is 0 Å².